The largest absolute Gasteiger partial charge is 0.490 e. The fourth-order valence-electron chi connectivity index (χ4n) is 1.87. The summed E-state index contributed by atoms with van der Waals surface area (Å²) in [7, 11) is 1.75. The van der Waals surface area contributed by atoms with E-state index in [0.717, 1.165) is 31.9 Å². The molecule has 3 nitrogen and oxygen atoms in total. The second-order valence-electron chi connectivity index (χ2n) is 5.75. The Kier molecular flexibility index (Phi) is 7.34. The first-order chi connectivity index (χ1) is 9.57. The summed E-state index contributed by atoms with van der Waals surface area (Å²) in [6, 6.07) is 8.17. The number of rotatable bonds is 10. The number of nitrogens with one attached hydrogen (secondary N) is 1. The maximum absolute atomic E-state index is 5.46. The highest BCUT2D eigenvalue weighted by atomic mass is 16.5. The number of hydrogen-bond acceptors (Lipinski definition) is 3. The Balaban J connectivity index is 2.32. The molecule has 112 valence electrons. The predicted molar refractivity (Wildman–Crippen MR) is 84.1 cm³/mol. The molecule has 0 aliphatic heterocycles. The molecule has 0 radical (unpaired) electrons. The molecule has 3 heteroatoms. The standard InChI is InChI=1S/C17H27NO2/c1-5-11-20-16-8-6-15(7-9-16)13-18-14-17(2,3)10-12-19-4/h5-9,18H,1,10-14H2,2-4H3. The van der Waals surface area contributed by atoms with Crippen LogP contribution in [0, 0.1) is 5.41 Å². The molecule has 0 aliphatic carbocycles. The third-order valence-electron chi connectivity index (χ3n) is 3.21. The van der Waals surface area contributed by atoms with Crippen LogP contribution in [0.4, 0.5) is 0 Å². The van der Waals surface area contributed by atoms with Gasteiger partial charge in [0.1, 0.15) is 12.4 Å². The lowest BCUT2D eigenvalue weighted by atomic mass is 9.89. The van der Waals surface area contributed by atoms with E-state index < -0.39 is 0 Å². The maximum atomic E-state index is 5.46. The van der Waals surface area contributed by atoms with Crippen molar-refractivity contribution in [3.05, 3.63) is 42.5 Å². The zero-order chi connectivity index (χ0) is 14.8. The Hall–Kier alpha value is -1.32. The van der Waals surface area contributed by atoms with E-state index in [9.17, 15) is 0 Å². The molecule has 0 saturated carbocycles. The summed E-state index contributed by atoms with van der Waals surface area (Å²) in [6.45, 7) is 11.4. The highest BCUT2D eigenvalue weighted by Gasteiger charge is 2.16. The topological polar surface area (TPSA) is 30.5 Å². The summed E-state index contributed by atoms with van der Waals surface area (Å²) in [5.74, 6) is 0.883. The van der Waals surface area contributed by atoms with Crippen molar-refractivity contribution in [1.29, 1.82) is 0 Å². The van der Waals surface area contributed by atoms with Gasteiger partial charge in [0.25, 0.3) is 0 Å². The second-order valence-corrected chi connectivity index (χ2v) is 5.75. The number of benzene rings is 1. The summed E-state index contributed by atoms with van der Waals surface area (Å²) in [5, 5.41) is 3.50. The Morgan fingerprint density at radius 2 is 1.95 bits per heavy atom. The molecule has 1 aromatic carbocycles. The molecule has 0 saturated heterocycles. The SMILES string of the molecule is C=CCOc1ccc(CNCC(C)(C)CCOC)cc1. The van der Waals surface area contributed by atoms with Crippen LogP contribution in [0.5, 0.6) is 5.75 Å². The van der Waals surface area contributed by atoms with E-state index in [1.165, 1.54) is 5.56 Å². The van der Waals surface area contributed by atoms with Gasteiger partial charge < -0.3 is 14.8 Å². The Bertz CT molecular complexity index is 384. The lowest BCUT2D eigenvalue weighted by Gasteiger charge is -2.24. The van der Waals surface area contributed by atoms with E-state index in [1.54, 1.807) is 13.2 Å². The van der Waals surface area contributed by atoms with E-state index >= 15 is 0 Å². The van der Waals surface area contributed by atoms with Gasteiger partial charge in [-0.3, -0.25) is 0 Å². The summed E-state index contributed by atoms with van der Waals surface area (Å²) >= 11 is 0. The van der Waals surface area contributed by atoms with E-state index in [-0.39, 0.29) is 5.41 Å². The van der Waals surface area contributed by atoms with Crippen LogP contribution in [0.15, 0.2) is 36.9 Å². The molecule has 20 heavy (non-hydrogen) atoms. The van der Waals surface area contributed by atoms with Crippen molar-refractivity contribution in [3.8, 4) is 5.75 Å². The molecule has 0 fully saturated rings. The monoisotopic (exact) mass is 277 g/mol. The van der Waals surface area contributed by atoms with Crippen molar-refractivity contribution < 1.29 is 9.47 Å². The summed E-state index contributed by atoms with van der Waals surface area (Å²) in [4.78, 5) is 0. The van der Waals surface area contributed by atoms with Crippen LogP contribution in [-0.2, 0) is 11.3 Å². The normalized spacial score (nSPS) is 11.3. The van der Waals surface area contributed by atoms with Crippen molar-refractivity contribution in [2.24, 2.45) is 5.41 Å². The van der Waals surface area contributed by atoms with E-state index in [1.807, 2.05) is 12.1 Å². The van der Waals surface area contributed by atoms with E-state index in [0.29, 0.717) is 6.61 Å². The Labute approximate surface area is 123 Å². The fourth-order valence-corrected chi connectivity index (χ4v) is 1.87. The molecule has 1 aromatic rings. The third kappa shape index (κ3) is 6.73. The molecule has 1 N–H and O–H groups in total. The highest BCUT2D eigenvalue weighted by molar-refractivity contribution is 5.27. The summed E-state index contributed by atoms with van der Waals surface area (Å²) in [5.41, 5.74) is 1.52. The van der Waals surface area contributed by atoms with Crippen LogP contribution < -0.4 is 10.1 Å². The van der Waals surface area contributed by atoms with Gasteiger partial charge in [0.05, 0.1) is 0 Å². The van der Waals surface area contributed by atoms with Gasteiger partial charge in [-0.15, -0.1) is 0 Å². The Morgan fingerprint density at radius 3 is 2.55 bits per heavy atom. The number of ether oxygens (including phenoxy) is 2. The van der Waals surface area contributed by atoms with Crippen molar-refractivity contribution in [1.82, 2.24) is 5.32 Å². The predicted octanol–water partition coefficient (Wildman–Crippen LogP) is 3.40. The summed E-state index contributed by atoms with van der Waals surface area (Å²) in [6.07, 6.45) is 2.81. The molecule has 0 atom stereocenters. The summed E-state index contributed by atoms with van der Waals surface area (Å²) < 4.78 is 10.6. The molecule has 0 aliphatic rings. The molecule has 0 heterocycles. The molecule has 0 unspecified atom stereocenters. The van der Waals surface area contributed by atoms with Crippen molar-refractivity contribution in [2.75, 3.05) is 26.9 Å². The minimum absolute atomic E-state index is 0.253. The molecule has 0 bridgehead atoms. The van der Waals surface area contributed by atoms with Gasteiger partial charge in [-0.2, -0.15) is 0 Å². The van der Waals surface area contributed by atoms with Crippen LogP contribution in [0.1, 0.15) is 25.8 Å². The lowest BCUT2D eigenvalue weighted by molar-refractivity contribution is 0.150. The van der Waals surface area contributed by atoms with Gasteiger partial charge in [0.2, 0.25) is 0 Å². The minimum Gasteiger partial charge on any atom is -0.490 e. The molecular formula is C17H27NO2. The average Bonchev–Trinajstić information content (AvgIpc) is 2.44. The quantitative estimate of drug-likeness (QED) is 0.665. The van der Waals surface area contributed by atoms with Gasteiger partial charge in [-0.1, -0.05) is 38.6 Å². The second kappa shape index (κ2) is 8.77. The third-order valence-corrected chi connectivity index (χ3v) is 3.21. The zero-order valence-corrected chi connectivity index (χ0v) is 12.9. The molecule has 0 amide bonds. The van der Waals surface area contributed by atoms with Crippen LogP contribution in [0.25, 0.3) is 0 Å². The molecule has 1 rings (SSSR count). The van der Waals surface area contributed by atoms with Gasteiger partial charge in [0.15, 0.2) is 0 Å². The van der Waals surface area contributed by atoms with Gasteiger partial charge >= 0.3 is 0 Å². The van der Waals surface area contributed by atoms with Gasteiger partial charge in [0, 0.05) is 26.8 Å². The maximum Gasteiger partial charge on any atom is 0.119 e. The smallest absolute Gasteiger partial charge is 0.119 e. The molecular weight excluding hydrogens is 250 g/mol. The molecule has 0 spiro atoms. The van der Waals surface area contributed by atoms with Crippen LogP contribution in [-0.4, -0.2) is 26.9 Å². The average molecular weight is 277 g/mol. The van der Waals surface area contributed by atoms with Gasteiger partial charge in [-0.25, -0.2) is 0 Å². The zero-order valence-electron chi connectivity index (χ0n) is 12.9. The van der Waals surface area contributed by atoms with Gasteiger partial charge in [-0.05, 0) is 29.5 Å². The number of methoxy groups -OCH3 is 1. The Morgan fingerprint density at radius 1 is 1.25 bits per heavy atom. The minimum atomic E-state index is 0.253. The van der Waals surface area contributed by atoms with E-state index in [2.05, 4.69) is 37.9 Å². The first-order valence-electron chi connectivity index (χ1n) is 7.10. The van der Waals surface area contributed by atoms with Crippen molar-refractivity contribution in [2.45, 2.75) is 26.8 Å². The highest BCUT2D eigenvalue weighted by Crippen LogP contribution is 2.19. The van der Waals surface area contributed by atoms with Crippen LogP contribution in [0.3, 0.4) is 0 Å². The first kappa shape index (κ1) is 16.7. The van der Waals surface area contributed by atoms with Crippen LogP contribution in [0.2, 0.25) is 0 Å². The lowest BCUT2D eigenvalue weighted by Crippen LogP contribution is -2.30. The van der Waals surface area contributed by atoms with Crippen LogP contribution >= 0.6 is 0 Å². The first-order valence-corrected chi connectivity index (χ1v) is 7.10. The fraction of sp³-hybridized carbons (Fsp3) is 0.529. The van der Waals surface area contributed by atoms with E-state index in [4.69, 9.17) is 9.47 Å². The van der Waals surface area contributed by atoms with Crippen molar-refractivity contribution in [3.63, 3.8) is 0 Å². The molecule has 0 aromatic heterocycles. The van der Waals surface area contributed by atoms with Crippen molar-refractivity contribution >= 4 is 0 Å². The number of hydrogen-bond donors (Lipinski definition) is 1.